The average Bonchev–Trinajstić information content (AvgIpc) is 3.07. The second-order valence-corrected chi connectivity index (χ2v) is 5.01. The molecule has 6 heteroatoms. The molecule has 0 amide bonds. The van der Waals surface area contributed by atoms with Gasteiger partial charge < -0.3 is 9.67 Å². The molecule has 0 bridgehead atoms. The van der Waals surface area contributed by atoms with Crippen molar-refractivity contribution < 1.29 is 18.7 Å². The van der Waals surface area contributed by atoms with Crippen LogP contribution in [0.5, 0.6) is 0 Å². The summed E-state index contributed by atoms with van der Waals surface area (Å²) < 4.78 is 28.3. The van der Waals surface area contributed by atoms with Gasteiger partial charge in [0.25, 0.3) is 0 Å². The first-order valence-corrected chi connectivity index (χ1v) is 6.23. The fraction of sp³-hybridized carbons (Fsp3) is 0.286. The van der Waals surface area contributed by atoms with Gasteiger partial charge in [0.1, 0.15) is 5.82 Å². The minimum Gasteiger partial charge on any atom is -0.481 e. The molecule has 2 atom stereocenters. The Morgan fingerprint density at radius 2 is 2.25 bits per heavy atom. The summed E-state index contributed by atoms with van der Waals surface area (Å²) in [6.07, 6.45) is 3.05. The highest BCUT2D eigenvalue weighted by Gasteiger charge is 2.45. The van der Waals surface area contributed by atoms with Crippen LogP contribution in [0.1, 0.15) is 23.5 Å². The lowest BCUT2D eigenvalue weighted by Crippen LogP contribution is -2.02. The van der Waals surface area contributed by atoms with Crippen LogP contribution in [0.2, 0.25) is 0 Å². The van der Waals surface area contributed by atoms with Gasteiger partial charge >= 0.3 is 5.97 Å². The highest BCUT2D eigenvalue weighted by molar-refractivity contribution is 5.75. The summed E-state index contributed by atoms with van der Waals surface area (Å²) >= 11 is 0. The summed E-state index contributed by atoms with van der Waals surface area (Å²) in [5, 5.41) is 8.86. The van der Waals surface area contributed by atoms with E-state index in [-0.39, 0.29) is 5.92 Å². The molecule has 0 aliphatic heterocycles. The van der Waals surface area contributed by atoms with Crippen molar-refractivity contribution in [2.24, 2.45) is 5.92 Å². The zero-order valence-electron chi connectivity index (χ0n) is 10.5. The van der Waals surface area contributed by atoms with Crippen LogP contribution in [0, 0.1) is 17.7 Å². The van der Waals surface area contributed by atoms with E-state index < -0.39 is 23.7 Å². The molecular formula is C14H12F2N2O2. The van der Waals surface area contributed by atoms with Crippen molar-refractivity contribution in [1.82, 2.24) is 9.55 Å². The molecule has 1 N–H and O–H groups in total. The minimum absolute atomic E-state index is 0.229. The van der Waals surface area contributed by atoms with Crippen LogP contribution < -0.4 is 0 Å². The number of imidazole rings is 1. The molecule has 1 aromatic heterocycles. The molecule has 1 aliphatic carbocycles. The van der Waals surface area contributed by atoms with Crippen LogP contribution in [-0.4, -0.2) is 20.6 Å². The van der Waals surface area contributed by atoms with Crippen molar-refractivity contribution in [3.63, 3.8) is 0 Å². The smallest absolute Gasteiger partial charge is 0.307 e. The Hall–Kier alpha value is -2.24. The molecule has 3 rings (SSSR count). The van der Waals surface area contributed by atoms with Gasteiger partial charge in [-0.25, -0.2) is 9.37 Å². The number of benzene rings is 1. The summed E-state index contributed by atoms with van der Waals surface area (Å²) in [6.45, 7) is 0.321. The van der Waals surface area contributed by atoms with Crippen LogP contribution in [-0.2, 0) is 11.3 Å². The van der Waals surface area contributed by atoms with Crippen LogP contribution in [0.3, 0.4) is 0 Å². The molecule has 1 saturated carbocycles. The van der Waals surface area contributed by atoms with Gasteiger partial charge in [0.15, 0.2) is 0 Å². The Labute approximate surface area is 113 Å². The lowest BCUT2D eigenvalue weighted by molar-refractivity contribution is -0.138. The van der Waals surface area contributed by atoms with Crippen molar-refractivity contribution in [2.75, 3.05) is 0 Å². The first kappa shape index (κ1) is 12.8. The fourth-order valence-electron chi connectivity index (χ4n) is 2.41. The van der Waals surface area contributed by atoms with E-state index in [9.17, 15) is 13.6 Å². The van der Waals surface area contributed by atoms with Gasteiger partial charge in [0.05, 0.1) is 18.4 Å². The Balaban J connectivity index is 1.76. The summed E-state index contributed by atoms with van der Waals surface area (Å²) in [4.78, 5) is 14.3. The number of carbonyl (C=O) groups is 1. The fourth-order valence-corrected chi connectivity index (χ4v) is 2.41. The topological polar surface area (TPSA) is 55.1 Å². The third kappa shape index (κ3) is 2.41. The van der Waals surface area contributed by atoms with E-state index in [4.69, 9.17) is 5.11 Å². The molecule has 2 aromatic rings. The van der Waals surface area contributed by atoms with Gasteiger partial charge in [-0.2, -0.15) is 4.39 Å². The number of hydrogen-bond acceptors (Lipinski definition) is 2. The van der Waals surface area contributed by atoms with E-state index in [0.717, 1.165) is 0 Å². The summed E-state index contributed by atoms with van der Waals surface area (Å²) in [5.74, 6) is -2.57. The molecule has 4 nitrogen and oxygen atoms in total. The largest absolute Gasteiger partial charge is 0.481 e. The van der Waals surface area contributed by atoms with Gasteiger partial charge in [-0.05, 0) is 23.6 Å². The zero-order chi connectivity index (χ0) is 14.3. The number of rotatable bonds is 4. The normalized spacial score (nSPS) is 20.9. The Kier molecular flexibility index (Phi) is 3.00. The monoisotopic (exact) mass is 278 g/mol. The maximum absolute atomic E-state index is 14.0. The van der Waals surface area contributed by atoms with Gasteiger partial charge in [-0.3, -0.25) is 4.79 Å². The maximum Gasteiger partial charge on any atom is 0.307 e. The molecule has 1 heterocycles. The molecule has 0 unspecified atom stereocenters. The number of aliphatic carboxylic acids is 1. The Morgan fingerprint density at radius 3 is 2.80 bits per heavy atom. The SMILES string of the molecule is O=C(O)[C@@H]1C[C@H]1c1ccc(Cn2cnc(F)c2)cc1F. The zero-order valence-corrected chi connectivity index (χ0v) is 10.5. The second-order valence-electron chi connectivity index (χ2n) is 5.01. The number of carboxylic acid groups (broad SMARTS) is 1. The predicted molar refractivity (Wildman–Crippen MR) is 66.2 cm³/mol. The standard InChI is InChI=1S/C14H12F2N2O2/c15-12-3-8(5-18-6-13(16)17-7-18)1-2-9(12)10-4-11(10)14(19)20/h1-3,6-7,10-11H,4-5H2,(H,19,20)/t10-,11+/m0/s1. The van der Waals surface area contributed by atoms with E-state index in [1.807, 2.05) is 0 Å². The first-order chi connectivity index (χ1) is 9.54. The van der Waals surface area contributed by atoms with Crippen molar-refractivity contribution in [2.45, 2.75) is 18.9 Å². The Morgan fingerprint density at radius 1 is 1.45 bits per heavy atom. The van der Waals surface area contributed by atoms with E-state index >= 15 is 0 Å². The molecule has 104 valence electrons. The molecule has 1 fully saturated rings. The number of carboxylic acids is 1. The Bertz CT molecular complexity index is 669. The third-order valence-electron chi connectivity index (χ3n) is 3.54. The van der Waals surface area contributed by atoms with Crippen molar-refractivity contribution in [1.29, 1.82) is 0 Å². The minimum atomic E-state index is -0.882. The average molecular weight is 278 g/mol. The van der Waals surface area contributed by atoms with Crippen LogP contribution in [0.4, 0.5) is 8.78 Å². The van der Waals surface area contributed by atoms with Crippen molar-refractivity contribution in [3.8, 4) is 0 Å². The summed E-state index contributed by atoms with van der Waals surface area (Å²) in [5.41, 5.74) is 1.12. The van der Waals surface area contributed by atoms with E-state index in [1.54, 1.807) is 12.1 Å². The van der Waals surface area contributed by atoms with Crippen molar-refractivity contribution in [3.05, 3.63) is 53.6 Å². The quantitative estimate of drug-likeness (QED) is 0.934. The van der Waals surface area contributed by atoms with Gasteiger partial charge in [-0.1, -0.05) is 12.1 Å². The lowest BCUT2D eigenvalue weighted by atomic mass is 10.1. The summed E-state index contributed by atoms with van der Waals surface area (Å²) in [6, 6.07) is 4.71. The molecule has 1 aromatic carbocycles. The van der Waals surface area contributed by atoms with Gasteiger partial charge in [0, 0.05) is 12.5 Å². The van der Waals surface area contributed by atoms with Gasteiger partial charge in [0.2, 0.25) is 5.95 Å². The molecule has 1 aliphatic rings. The summed E-state index contributed by atoms with van der Waals surface area (Å²) in [7, 11) is 0. The van der Waals surface area contributed by atoms with E-state index in [1.165, 1.54) is 23.2 Å². The lowest BCUT2D eigenvalue weighted by Gasteiger charge is -2.06. The number of nitrogens with zero attached hydrogens (tertiary/aromatic N) is 2. The molecule has 0 spiro atoms. The van der Waals surface area contributed by atoms with Crippen LogP contribution in [0.15, 0.2) is 30.7 Å². The third-order valence-corrected chi connectivity index (χ3v) is 3.54. The van der Waals surface area contributed by atoms with Gasteiger partial charge in [-0.15, -0.1) is 0 Å². The molecule has 0 saturated heterocycles. The maximum atomic E-state index is 14.0. The second kappa shape index (κ2) is 4.70. The number of hydrogen-bond donors (Lipinski definition) is 1. The molecule has 0 radical (unpaired) electrons. The first-order valence-electron chi connectivity index (χ1n) is 6.23. The predicted octanol–water partition coefficient (Wildman–Crippen LogP) is 2.40. The molecular weight excluding hydrogens is 266 g/mol. The van der Waals surface area contributed by atoms with Crippen LogP contribution in [0.25, 0.3) is 0 Å². The highest BCUT2D eigenvalue weighted by atomic mass is 19.1. The van der Waals surface area contributed by atoms with E-state index in [0.29, 0.717) is 24.1 Å². The van der Waals surface area contributed by atoms with Crippen molar-refractivity contribution >= 4 is 5.97 Å². The highest BCUT2D eigenvalue weighted by Crippen LogP contribution is 2.48. The van der Waals surface area contributed by atoms with E-state index in [2.05, 4.69) is 4.98 Å². The van der Waals surface area contributed by atoms with Crippen LogP contribution >= 0.6 is 0 Å². The molecule has 20 heavy (non-hydrogen) atoms. The number of aromatic nitrogens is 2. The number of halogens is 2.